The number of nitrogens with one attached hydrogen (secondary N) is 1. The third-order valence-electron chi connectivity index (χ3n) is 7.53. The van der Waals surface area contributed by atoms with Gasteiger partial charge in [0.15, 0.2) is 0 Å². The van der Waals surface area contributed by atoms with E-state index in [-0.39, 0.29) is 11.9 Å². The van der Waals surface area contributed by atoms with Gasteiger partial charge < -0.3 is 15.0 Å². The van der Waals surface area contributed by atoms with E-state index in [0.717, 1.165) is 90.5 Å². The van der Waals surface area contributed by atoms with Crippen LogP contribution in [0.2, 0.25) is 0 Å². The molecule has 0 saturated carbocycles. The van der Waals surface area contributed by atoms with E-state index in [1.807, 2.05) is 12.1 Å². The van der Waals surface area contributed by atoms with Gasteiger partial charge in [0, 0.05) is 69.7 Å². The van der Waals surface area contributed by atoms with Crippen molar-refractivity contribution in [2.45, 2.75) is 44.3 Å². The number of piperidine rings is 2. The molecule has 0 unspecified atom stereocenters. The van der Waals surface area contributed by atoms with Gasteiger partial charge in [0.25, 0.3) is 5.91 Å². The summed E-state index contributed by atoms with van der Waals surface area (Å²) < 4.78 is 5.50. The van der Waals surface area contributed by atoms with Crippen molar-refractivity contribution >= 4 is 11.7 Å². The van der Waals surface area contributed by atoms with Gasteiger partial charge in [-0.15, -0.1) is 0 Å². The molecule has 7 heteroatoms. The van der Waals surface area contributed by atoms with Gasteiger partial charge in [-0.25, -0.2) is 4.98 Å². The topological polar surface area (TPSA) is 60.9 Å². The number of benzene rings is 1. The van der Waals surface area contributed by atoms with Crippen LogP contribution in [-0.2, 0) is 11.3 Å². The Morgan fingerprint density at radius 2 is 1.68 bits per heavy atom. The maximum Gasteiger partial charge on any atom is 0.251 e. The van der Waals surface area contributed by atoms with Crippen LogP contribution in [0.4, 0.5) is 5.82 Å². The summed E-state index contributed by atoms with van der Waals surface area (Å²) in [7, 11) is 0. The third kappa shape index (κ3) is 5.95. The molecule has 3 aliphatic heterocycles. The molecule has 4 heterocycles. The monoisotopic (exact) mass is 463 g/mol. The van der Waals surface area contributed by atoms with Gasteiger partial charge in [0.05, 0.1) is 13.2 Å². The number of carbonyl (C=O) groups is 1. The lowest BCUT2D eigenvalue weighted by Crippen LogP contribution is -2.49. The van der Waals surface area contributed by atoms with Crippen molar-refractivity contribution < 1.29 is 9.53 Å². The van der Waals surface area contributed by atoms with Crippen molar-refractivity contribution in [3.05, 3.63) is 59.8 Å². The lowest BCUT2D eigenvalue weighted by atomic mass is 10.0. The Balaban J connectivity index is 1.10. The molecule has 1 amide bonds. The highest BCUT2D eigenvalue weighted by Gasteiger charge is 2.27. The van der Waals surface area contributed by atoms with Crippen molar-refractivity contribution in [1.82, 2.24) is 20.1 Å². The summed E-state index contributed by atoms with van der Waals surface area (Å²) in [6, 6.07) is 15.3. The second-order valence-electron chi connectivity index (χ2n) is 9.78. The van der Waals surface area contributed by atoms with Crippen molar-refractivity contribution in [3.8, 4) is 0 Å². The number of aromatic nitrogens is 1. The van der Waals surface area contributed by atoms with E-state index < -0.39 is 0 Å². The molecule has 3 fully saturated rings. The average Bonchev–Trinajstić information content (AvgIpc) is 2.91. The fourth-order valence-electron chi connectivity index (χ4n) is 5.48. The van der Waals surface area contributed by atoms with Gasteiger partial charge in [-0.05, 0) is 43.4 Å². The first-order valence-electron chi connectivity index (χ1n) is 12.8. The van der Waals surface area contributed by atoms with E-state index in [2.05, 4.69) is 55.3 Å². The molecular weight excluding hydrogens is 426 g/mol. The second kappa shape index (κ2) is 11.3. The van der Waals surface area contributed by atoms with Crippen LogP contribution in [0.1, 0.15) is 41.6 Å². The van der Waals surface area contributed by atoms with E-state index in [9.17, 15) is 4.79 Å². The number of morpholine rings is 1. The zero-order valence-corrected chi connectivity index (χ0v) is 20.1. The summed E-state index contributed by atoms with van der Waals surface area (Å²) in [6.07, 6.45) is 6.04. The van der Waals surface area contributed by atoms with E-state index in [4.69, 9.17) is 4.74 Å². The molecule has 3 aliphatic rings. The molecule has 5 rings (SSSR count). The molecular formula is C27H37N5O2. The number of likely N-dealkylation sites (tertiary alicyclic amines) is 1. The highest BCUT2D eigenvalue weighted by Crippen LogP contribution is 2.23. The number of carbonyl (C=O) groups excluding carboxylic acids is 1. The average molecular weight is 464 g/mol. The van der Waals surface area contributed by atoms with Crippen molar-refractivity contribution in [2.75, 3.05) is 57.4 Å². The fourth-order valence-corrected chi connectivity index (χ4v) is 5.48. The fraction of sp³-hybridized carbons (Fsp3) is 0.556. The number of rotatable bonds is 6. The van der Waals surface area contributed by atoms with Crippen molar-refractivity contribution in [3.63, 3.8) is 0 Å². The third-order valence-corrected chi connectivity index (χ3v) is 7.53. The van der Waals surface area contributed by atoms with Crippen LogP contribution in [0.3, 0.4) is 0 Å². The van der Waals surface area contributed by atoms with Crippen molar-refractivity contribution in [1.29, 1.82) is 0 Å². The van der Waals surface area contributed by atoms with Crippen LogP contribution in [-0.4, -0.2) is 85.3 Å². The molecule has 0 atom stereocenters. The van der Waals surface area contributed by atoms with Gasteiger partial charge in [0.1, 0.15) is 5.82 Å². The molecule has 3 saturated heterocycles. The molecule has 0 aliphatic carbocycles. The Morgan fingerprint density at radius 3 is 2.41 bits per heavy atom. The van der Waals surface area contributed by atoms with Crippen LogP contribution in [0.15, 0.2) is 48.7 Å². The minimum Gasteiger partial charge on any atom is -0.379 e. The summed E-state index contributed by atoms with van der Waals surface area (Å²) in [5.41, 5.74) is 2.07. The summed E-state index contributed by atoms with van der Waals surface area (Å²) in [4.78, 5) is 25.0. The quantitative estimate of drug-likeness (QED) is 0.711. The Bertz CT molecular complexity index is 918. The maximum atomic E-state index is 13.0. The minimum atomic E-state index is 0.0216. The predicted molar refractivity (Wildman–Crippen MR) is 134 cm³/mol. The molecule has 0 spiro atoms. The SMILES string of the molecule is O=C(NC1CCN(Cc2ccccc2)CC1)c1ccnc(N2CCC(N3CCOCC3)CC2)c1. The molecule has 1 aromatic heterocycles. The smallest absolute Gasteiger partial charge is 0.251 e. The first kappa shape index (κ1) is 23.3. The number of amides is 1. The zero-order valence-electron chi connectivity index (χ0n) is 20.1. The molecule has 182 valence electrons. The Hall–Kier alpha value is -2.48. The van der Waals surface area contributed by atoms with Gasteiger partial charge in [-0.2, -0.15) is 0 Å². The van der Waals surface area contributed by atoms with Crippen LogP contribution in [0.25, 0.3) is 0 Å². The van der Waals surface area contributed by atoms with E-state index in [1.165, 1.54) is 5.56 Å². The number of pyridine rings is 1. The maximum absolute atomic E-state index is 13.0. The highest BCUT2D eigenvalue weighted by atomic mass is 16.5. The number of anilines is 1. The van der Waals surface area contributed by atoms with E-state index in [0.29, 0.717) is 11.6 Å². The van der Waals surface area contributed by atoms with Crippen LogP contribution >= 0.6 is 0 Å². The Morgan fingerprint density at radius 1 is 0.941 bits per heavy atom. The normalized spacial score (nSPS) is 21.5. The summed E-state index contributed by atoms with van der Waals surface area (Å²) in [6.45, 7) is 8.78. The molecule has 1 aromatic carbocycles. The second-order valence-corrected chi connectivity index (χ2v) is 9.78. The van der Waals surface area contributed by atoms with Gasteiger partial charge >= 0.3 is 0 Å². The number of nitrogens with zero attached hydrogens (tertiary/aromatic N) is 4. The van der Waals surface area contributed by atoms with Gasteiger partial charge in [-0.1, -0.05) is 30.3 Å². The molecule has 1 N–H and O–H groups in total. The van der Waals surface area contributed by atoms with E-state index in [1.54, 1.807) is 6.20 Å². The molecule has 0 bridgehead atoms. The Kier molecular flexibility index (Phi) is 7.73. The number of hydrogen-bond donors (Lipinski definition) is 1. The summed E-state index contributed by atoms with van der Waals surface area (Å²) >= 11 is 0. The van der Waals surface area contributed by atoms with Crippen LogP contribution in [0.5, 0.6) is 0 Å². The standard InChI is InChI=1S/C27H37N5O2/c33-27(29-24-7-12-30(13-8-24)21-22-4-2-1-3-5-22)23-6-11-28-26(20-23)32-14-9-25(10-15-32)31-16-18-34-19-17-31/h1-6,11,20,24-25H,7-10,12-19,21H2,(H,29,33). The number of hydrogen-bond acceptors (Lipinski definition) is 6. The van der Waals surface area contributed by atoms with Crippen LogP contribution in [0, 0.1) is 0 Å². The lowest BCUT2D eigenvalue weighted by molar-refractivity contribution is 0.0115. The Labute approximate surface area is 203 Å². The largest absolute Gasteiger partial charge is 0.379 e. The lowest BCUT2D eigenvalue weighted by Gasteiger charge is -2.40. The van der Waals surface area contributed by atoms with Crippen molar-refractivity contribution in [2.24, 2.45) is 0 Å². The first-order chi connectivity index (χ1) is 16.7. The summed E-state index contributed by atoms with van der Waals surface area (Å²) in [5.74, 6) is 0.944. The molecule has 7 nitrogen and oxygen atoms in total. The molecule has 2 aromatic rings. The predicted octanol–water partition coefficient (Wildman–Crippen LogP) is 2.78. The van der Waals surface area contributed by atoms with Crippen LogP contribution < -0.4 is 10.2 Å². The molecule has 34 heavy (non-hydrogen) atoms. The minimum absolute atomic E-state index is 0.0216. The van der Waals surface area contributed by atoms with E-state index >= 15 is 0 Å². The zero-order chi connectivity index (χ0) is 23.2. The first-order valence-corrected chi connectivity index (χ1v) is 12.8. The van der Waals surface area contributed by atoms with Gasteiger partial charge in [0.2, 0.25) is 0 Å². The summed E-state index contributed by atoms with van der Waals surface area (Å²) in [5, 5.41) is 3.27. The highest BCUT2D eigenvalue weighted by molar-refractivity contribution is 5.95. The molecule has 0 radical (unpaired) electrons. The van der Waals surface area contributed by atoms with Gasteiger partial charge in [-0.3, -0.25) is 14.6 Å². The number of ether oxygens (including phenoxy) is 1.